The van der Waals surface area contributed by atoms with E-state index < -0.39 is 5.41 Å². The van der Waals surface area contributed by atoms with Crippen molar-refractivity contribution in [3.8, 4) is 0 Å². The lowest BCUT2D eigenvalue weighted by atomic mass is 9.67. The summed E-state index contributed by atoms with van der Waals surface area (Å²) in [7, 11) is 1.97. The number of hydrogen-bond donors (Lipinski definition) is 1. The number of carbonyl (C=O) groups excluding carboxylic acids is 1. The normalized spacial score (nSPS) is 28.0. The second-order valence-corrected chi connectivity index (χ2v) is 7.64. The maximum Gasteiger partial charge on any atom is 0.316 e. The summed E-state index contributed by atoms with van der Waals surface area (Å²) in [6.45, 7) is 4.90. The zero-order valence-electron chi connectivity index (χ0n) is 15.4. The third kappa shape index (κ3) is 3.67. The van der Waals surface area contributed by atoms with Crippen LogP contribution in [0.25, 0.3) is 0 Å². The molecule has 2 saturated carbocycles. The van der Waals surface area contributed by atoms with Gasteiger partial charge in [-0.3, -0.25) is 4.79 Å². The molecule has 0 bridgehead atoms. The largest absolute Gasteiger partial charge is 0.461 e. The van der Waals surface area contributed by atoms with Crippen LogP contribution in [0.4, 0.5) is 0 Å². The van der Waals surface area contributed by atoms with Gasteiger partial charge in [0.2, 0.25) is 0 Å². The third-order valence-corrected chi connectivity index (χ3v) is 6.25. The monoisotopic (exact) mass is 341 g/mol. The topological polar surface area (TPSA) is 38.3 Å². The van der Waals surface area contributed by atoms with E-state index in [0.29, 0.717) is 11.8 Å². The van der Waals surface area contributed by atoms with Gasteiger partial charge in [-0.1, -0.05) is 55.7 Å². The van der Waals surface area contributed by atoms with E-state index >= 15 is 0 Å². The molecule has 3 nitrogen and oxygen atoms in total. The average Bonchev–Trinajstić information content (AvgIpc) is 2.66. The molecule has 1 N–H and O–H groups in total. The maximum absolute atomic E-state index is 13.3. The Labute approximate surface area is 151 Å². The van der Waals surface area contributed by atoms with Crippen LogP contribution < -0.4 is 5.32 Å². The number of carbonyl (C=O) groups is 1. The Morgan fingerprint density at radius 2 is 2.00 bits per heavy atom. The Hall–Kier alpha value is -1.61. The lowest BCUT2D eigenvalue weighted by molar-refractivity contribution is -0.170. The first kappa shape index (κ1) is 18.2. The van der Waals surface area contributed by atoms with Crippen LogP contribution in [0.1, 0.15) is 50.5 Å². The summed E-state index contributed by atoms with van der Waals surface area (Å²) in [5, 5.41) is 3.21. The fourth-order valence-corrected chi connectivity index (χ4v) is 4.59. The van der Waals surface area contributed by atoms with Crippen LogP contribution in [0, 0.1) is 11.8 Å². The van der Waals surface area contributed by atoms with Crippen molar-refractivity contribution in [3.05, 3.63) is 48.6 Å². The van der Waals surface area contributed by atoms with Crippen LogP contribution >= 0.6 is 0 Å². The molecule has 0 radical (unpaired) electrons. The highest BCUT2D eigenvalue weighted by Gasteiger charge is 2.47. The predicted octanol–water partition coefficient (Wildman–Crippen LogP) is 4.23. The SMILES string of the molecule is C=CC1C[C@H](OC(=O)C2(c3ccccc3)CCCCC2)C1CCNC. The van der Waals surface area contributed by atoms with Crippen molar-refractivity contribution in [2.45, 2.75) is 56.5 Å². The van der Waals surface area contributed by atoms with Crippen LogP contribution in [-0.4, -0.2) is 25.7 Å². The summed E-state index contributed by atoms with van der Waals surface area (Å²) >= 11 is 0. The minimum Gasteiger partial charge on any atom is -0.461 e. The minimum absolute atomic E-state index is 0.000342. The fraction of sp³-hybridized carbons (Fsp3) is 0.591. The number of ether oxygens (including phenoxy) is 1. The smallest absolute Gasteiger partial charge is 0.316 e. The third-order valence-electron chi connectivity index (χ3n) is 6.25. The maximum atomic E-state index is 13.3. The van der Waals surface area contributed by atoms with Crippen molar-refractivity contribution in [2.75, 3.05) is 13.6 Å². The van der Waals surface area contributed by atoms with Gasteiger partial charge in [-0.2, -0.15) is 0 Å². The number of nitrogens with one attached hydrogen (secondary N) is 1. The molecule has 0 amide bonds. The highest BCUT2D eigenvalue weighted by Crippen LogP contribution is 2.44. The Bertz CT molecular complexity index is 577. The molecule has 1 aromatic carbocycles. The Morgan fingerprint density at radius 3 is 2.64 bits per heavy atom. The van der Waals surface area contributed by atoms with E-state index in [1.54, 1.807) is 0 Å². The molecule has 136 valence electrons. The van der Waals surface area contributed by atoms with Crippen LogP contribution in [0.5, 0.6) is 0 Å². The summed E-state index contributed by atoms with van der Waals surface area (Å²) in [4.78, 5) is 13.3. The molecular weight excluding hydrogens is 310 g/mol. The summed E-state index contributed by atoms with van der Waals surface area (Å²) in [5.41, 5.74) is 0.692. The molecule has 0 aliphatic heterocycles. The molecule has 0 heterocycles. The fourth-order valence-electron chi connectivity index (χ4n) is 4.59. The van der Waals surface area contributed by atoms with Gasteiger partial charge in [0.1, 0.15) is 6.10 Å². The first-order valence-electron chi connectivity index (χ1n) is 9.75. The van der Waals surface area contributed by atoms with Crippen LogP contribution in [0.3, 0.4) is 0 Å². The van der Waals surface area contributed by atoms with Gasteiger partial charge in [-0.25, -0.2) is 0 Å². The van der Waals surface area contributed by atoms with E-state index in [1.165, 1.54) is 6.42 Å². The van der Waals surface area contributed by atoms with E-state index in [0.717, 1.165) is 50.6 Å². The Balaban J connectivity index is 1.74. The number of benzene rings is 1. The standard InChI is InChI=1S/C22H31NO2/c1-3-17-16-20(19(17)12-15-23-2)25-21(24)22(13-8-5-9-14-22)18-10-6-4-7-11-18/h3-4,6-7,10-11,17,19-20,23H,1,5,8-9,12-16H2,2H3/t17?,19?,20-/m0/s1. The average molecular weight is 341 g/mol. The van der Waals surface area contributed by atoms with Gasteiger partial charge in [0.05, 0.1) is 5.41 Å². The molecule has 0 saturated heterocycles. The molecule has 3 heteroatoms. The predicted molar refractivity (Wildman–Crippen MR) is 101 cm³/mol. The Kier molecular flexibility index (Phi) is 5.95. The van der Waals surface area contributed by atoms with Crippen LogP contribution in [0.15, 0.2) is 43.0 Å². The van der Waals surface area contributed by atoms with Crippen LogP contribution in [-0.2, 0) is 14.9 Å². The van der Waals surface area contributed by atoms with E-state index in [2.05, 4.69) is 24.0 Å². The molecule has 2 unspecified atom stereocenters. The van der Waals surface area contributed by atoms with Crippen molar-refractivity contribution in [1.82, 2.24) is 5.32 Å². The molecule has 0 spiro atoms. The summed E-state index contributed by atoms with van der Waals surface area (Å²) < 4.78 is 6.11. The van der Waals surface area contributed by atoms with Crippen LogP contribution in [0.2, 0.25) is 0 Å². The van der Waals surface area contributed by atoms with Crippen molar-refractivity contribution in [2.24, 2.45) is 11.8 Å². The van der Waals surface area contributed by atoms with Crippen molar-refractivity contribution >= 4 is 5.97 Å². The lowest BCUT2D eigenvalue weighted by Crippen LogP contribution is -2.48. The van der Waals surface area contributed by atoms with Crippen molar-refractivity contribution in [3.63, 3.8) is 0 Å². The zero-order chi connectivity index (χ0) is 17.7. The summed E-state index contributed by atoms with van der Waals surface area (Å²) in [6.07, 6.45) is 9.28. The molecule has 2 aliphatic carbocycles. The van der Waals surface area contributed by atoms with Gasteiger partial charge in [-0.05, 0) is 50.8 Å². The number of rotatable bonds is 7. The summed E-state index contributed by atoms with van der Waals surface area (Å²) in [6, 6.07) is 10.3. The first-order chi connectivity index (χ1) is 12.2. The van der Waals surface area contributed by atoms with E-state index in [-0.39, 0.29) is 12.1 Å². The van der Waals surface area contributed by atoms with Gasteiger partial charge >= 0.3 is 5.97 Å². The minimum atomic E-state index is -0.438. The van der Waals surface area contributed by atoms with Gasteiger partial charge in [0.25, 0.3) is 0 Å². The summed E-state index contributed by atoms with van der Waals surface area (Å²) in [5.74, 6) is 0.885. The van der Waals surface area contributed by atoms with E-state index in [9.17, 15) is 4.79 Å². The Morgan fingerprint density at radius 1 is 1.28 bits per heavy atom. The van der Waals surface area contributed by atoms with Crippen molar-refractivity contribution in [1.29, 1.82) is 0 Å². The number of allylic oxidation sites excluding steroid dienone is 1. The molecule has 2 fully saturated rings. The number of hydrogen-bond acceptors (Lipinski definition) is 3. The quantitative estimate of drug-likeness (QED) is 0.596. The van der Waals surface area contributed by atoms with Crippen molar-refractivity contribution < 1.29 is 9.53 Å². The number of esters is 1. The molecule has 2 aliphatic rings. The van der Waals surface area contributed by atoms with Gasteiger partial charge in [-0.15, -0.1) is 6.58 Å². The first-order valence-corrected chi connectivity index (χ1v) is 9.75. The second-order valence-electron chi connectivity index (χ2n) is 7.64. The zero-order valence-corrected chi connectivity index (χ0v) is 15.4. The molecule has 1 aromatic rings. The van der Waals surface area contributed by atoms with E-state index in [1.807, 2.05) is 31.3 Å². The van der Waals surface area contributed by atoms with Gasteiger partial charge < -0.3 is 10.1 Å². The highest BCUT2D eigenvalue weighted by atomic mass is 16.5. The molecular formula is C22H31NO2. The highest BCUT2D eigenvalue weighted by molar-refractivity contribution is 5.83. The van der Waals surface area contributed by atoms with Gasteiger partial charge in [0, 0.05) is 5.92 Å². The molecule has 3 rings (SSSR count). The molecule has 25 heavy (non-hydrogen) atoms. The molecule has 3 atom stereocenters. The molecule has 0 aromatic heterocycles. The van der Waals surface area contributed by atoms with E-state index in [4.69, 9.17) is 4.74 Å². The lowest BCUT2D eigenvalue weighted by Gasteiger charge is -2.45. The van der Waals surface area contributed by atoms with Gasteiger partial charge in [0.15, 0.2) is 0 Å². The second kappa shape index (κ2) is 8.18.